The first-order chi connectivity index (χ1) is 17.0. The molecule has 2 aromatic rings. The maximum atomic E-state index is 13.8. The molecular weight excluding hydrogens is 444 g/mol. The van der Waals surface area contributed by atoms with E-state index in [1.165, 1.54) is 10.5 Å². The molecule has 2 heterocycles. The van der Waals surface area contributed by atoms with E-state index >= 15 is 0 Å². The molecule has 184 valence electrons. The minimum atomic E-state index is -0.822. The van der Waals surface area contributed by atoms with E-state index in [1.807, 2.05) is 36.4 Å². The van der Waals surface area contributed by atoms with E-state index in [0.717, 1.165) is 36.0 Å². The molecule has 2 aliphatic heterocycles. The quantitative estimate of drug-likeness (QED) is 0.615. The van der Waals surface area contributed by atoms with Crippen LogP contribution in [0.25, 0.3) is 0 Å². The van der Waals surface area contributed by atoms with Crippen LogP contribution in [0.5, 0.6) is 0 Å². The summed E-state index contributed by atoms with van der Waals surface area (Å²) >= 11 is 0. The molecule has 3 N–H and O–H groups in total. The van der Waals surface area contributed by atoms with Crippen molar-refractivity contribution >= 4 is 17.7 Å². The molecule has 8 nitrogen and oxygen atoms in total. The smallest absolute Gasteiger partial charge is 0.248 e. The zero-order chi connectivity index (χ0) is 24.5. The van der Waals surface area contributed by atoms with Gasteiger partial charge in [-0.2, -0.15) is 0 Å². The summed E-state index contributed by atoms with van der Waals surface area (Å²) < 4.78 is 6.11. The van der Waals surface area contributed by atoms with Crippen molar-refractivity contribution in [1.29, 1.82) is 0 Å². The first-order valence-corrected chi connectivity index (χ1v) is 12.4. The number of hydrogen-bond acceptors (Lipinski definition) is 5. The van der Waals surface area contributed by atoms with Crippen LogP contribution in [0.2, 0.25) is 0 Å². The molecular formula is C27H32N4O4. The van der Waals surface area contributed by atoms with Gasteiger partial charge in [0.2, 0.25) is 17.7 Å². The molecule has 8 heteroatoms. The zero-order valence-corrected chi connectivity index (χ0v) is 20.1. The second-order valence-corrected chi connectivity index (χ2v) is 9.51. The van der Waals surface area contributed by atoms with Gasteiger partial charge in [0.25, 0.3) is 0 Å². The summed E-state index contributed by atoms with van der Waals surface area (Å²) in [7, 11) is 1.69. The molecule has 1 fully saturated rings. The van der Waals surface area contributed by atoms with Crippen LogP contribution in [0.3, 0.4) is 0 Å². The Hall–Kier alpha value is -3.23. The summed E-state index contributed by atoms with van der Waals surface area (Å²) in [5.41, 5.74) is 3.98. The standard InChI is InChI=1S/C27H32N4O4/c1-16(28-2)24(32)30-22-14-15-35-27-20-12-6-5-11-19(20)23(31(27)26(22)34)25(33)29-21-13-7-9-17-8-3-4-10-18(17)21/h3-6,8,10-12,16,21-23,27-28H,7,9,13-15H2,1-2H3,(H,29,33)(H,30,32)/t16-,21+,22-,23?,27?/m0/s1. The summed E-state index contributed by atoms with van der Waals surface area (Å²) in [6.07, 6.45) is 2.54. The Labute approximate surface area is 205 Å². The summed E-state index contributed by atoms with van der Waals surface area (Å²) in [6.45, 7) is 2.03. The van der Waals surface area contributed by atoms with Crippen LogP contribution in [-0.4, -0.2) is 48.4 Å². The summed E-state index contributed by atoms with van der Waals surface area (Å²) in [5, 5.41) is 8.97. The highest BCUT2D eigenvalue weighted by molar-refractivity contribution is 5.95. The van der Waals surface area contributed by atoms with Gasteiger partial charge in [-0.15, -0.1) is 0 Å². The van der Waals surface area contributed by atoms with Crippen molar-refractivity contribution in [2.75, 3.05) is 13.7 Å². The number of ether oxygens (including phenoxy) is 1. The molecule has 5 atom stereocenters. The Morgan fingerprint density at radius 1 is 0.971 bits per heavy atom. The average molecular weight is 477 g/mol. The molecule has 2 unspecified atom stereocenters. The molecule has 5 rings (SSSR count). The number of fused-ring (bicyclic) bond motifs is 4. The molecule has 3 aliphatic rings. The first-order valence-electron chi connectivity index (χ1n) is 12.4. The minimum Gasteiger partial charge on any atom is -0.354 e. The highest BCUT2D eigenvalue weighted by Gasteiger charge is 2.49. The number of carbonyl (C=O) groups excluding carboxylic acids is 3. The Balaban J connectivity index is 1.44. The minimum absolute atomic E-state index is 0.103. The summed E-state index contributed by atoms with van der Waals surface area (Å²) in [6, 6.07) is 13.6. The number of amides is 3. The molecule has 0 saturated carbocycles. The number of aryl methyl sites for hydroxylation is 1. The molecule has 0 spiro atoms. The highest BCUT2D eigenvalue weighted by Crippen LogP contribution is 2.45. The predicted octanol–water partition coefficient (Wildman–Crippen LogP) is 2.28. The van der Waals surface area contributed by atoms with Gasteiger partial charge in [0.1, 0.15) is 12.1 Å². The molecule has 0 aromatic heterocycles. The second-order valence-electron chi connectivity index (χ2n) is 9.51. The Kier molecular flexibility index (Phi) is 6.58. The van der Waals surface area contributed by atoms with Crippen molar-refractivity contribution in [3.63, 3.8) is 0 Å². The van der Waals surface area contributed by atoms with E-state index in [1.54, 1.807) is 14.0 Å². The fourth-order valence-electron chi connectivity index (χ4n) is 5.42. The Bertz CT molecular complexity index is 1140. The fraction of sp³-hybridized carbons (Fsp3) is 0.444. The van der Waals surface area contributed by atoms with Crippen molar-refractivity contribution in [3.8, 4) is 0 Å². The van der Waals surface area contributed by atoms with Gasteiger partial charge < -0.3 is 20.7 Å². The lowest BCUT2D eigenvalue weighted by molar-refractivity contribution is -0.153. The van der Waals surface area contributed by atoms with Gasteiger partial charge in [-0.25, -0.2) is 0 Å². The third-order valence-corrected chi connectivity index (χ3v) is 7.40. The monoisotopic (exact) mass is 476 g/mol. The lowest BCUT2D eigenvalue weighted by Crippen LogP contribution is -2.53. The molecule has 0 bridgehead atoms. The number of likely N-dealkylation sites (N-methyl/N-ethyl adjacent to an activating group) is 1. The zero-order valence-electron chi connectivity index (χ0n) is 20.1. The van der Waals surface area contributed by atoms with Gasteiger partial charge in [0.05, 0.1) is 18.7 Å². The summed E-state index contributed by atoms with van der Waals surface area (Å²) in [4.78, 5) is 41.7. The third-order valence-electron chi connectivity index (χ3n) is 7.40. The number of nitrogens with one attached hydrogen (secondary N) is 3. The van der Waals surface area contributed by atoms with E-state index in [0.29, 0.717) is 13.0 Å². The number of hydrogen-bond donors (Lipinski definition) is 3. The van der Waals surface area contributed by atoms with Gasteiger partial charge in [-0.05, 0) is 49.9 Å². The van der Waals surface area contributed by atoms with E-state index in [9.17, 15) is 14.4 Å². The van der Waals surface area contributed by atoms with Crippen molar-refractivity contribution in [2.45, 2.75) is 63.0 Å². The van der Waals surface area contributed by atoms with E-state index in [-0.39, 0.29) is 23.8 Å². The fourth-order valence-corrected chi connectivity index (χ4v) is 5.42. The van der Waals surface area contributed by atoms with Crippen LogP contribution in [-0.2, 0) is 25.5 Å². The summed E-state index contributed by atoms with van der Waals surface area (Å²) in [5.74, 6) is -0.792. The number of carbonyl (C=O) groups is 3. The Morgan fingerprint density at radius 3 is 2.46 bits per heavy atom. The maximum Gasteiger partial charge on any atom is 0.248 e. The van der Waals surface area contributed by atoms with Crippen LogP contribution >= 0.6 is 0 Å². The number of rotatable bonds is 5. The van der Waals surface area contributed by atoms with Gasteiger partial charge in [-0.3, -0.25) is 19.3 Å². The van der Waals surface area contributed by atoms with Gasteiger partial charge in [0.15, 0.2) is 6.23 Å². The van der Waals surface area contributed by atoms with Crippen LogP contribution in [0, 0.1) is 0 Å². The average Bonchev–Trinajstić information content (AvgIpc) is 3.13. The Morgan fingerprint density at radius 2 is 1.69 bits per heavy atom. The molecule has 2 aromatic carbocycles. The van der Waals surface area contributed by atoms with Crippen LogP contribution in [0.15, 0.2) is 48.5 Å². The van der Waals surface area contributed by atoms with Crippen molar-refractivity contribution < 1.29 is 19.1 Å². The largest absolute Gasteiger partial charge is 0.354 e. The van der Waals surface area contributed by atoms with E-state index in [4.69, 9.17) is 4.74 Å². The van der Waals surface area contributed by atoms with E-state index < -0.39 is 24.4 Å². The number of nitrogens with zero attached hydrogens (tertiary/aromatic N) is 1. The normalized spacial score (nSPS) is 26.1. The third kappa shape index (κ3) is 4.32. The topological polar surface area (TPSA) is 99.8 Å². The van der Waals surface area contributed by atoms with Crippen molar-refractivity contribution in [3.05, 3.63) is 70.8 Å². The van der Waals surface area contributed by atoms with Crippen molar-refractivity contribution in [2.24, 2.45) is 0 Å². The lowest BCUT2D eigenvalue weighted by atomic mass is 9.87. The van der Waals surface area contributed by atoms with E-state index in [2.05, 4.69) is 28.1 Å². The SMILES string of the molecule is CN[C@@H](C)C(=O)N[C@H]1CCOC2c3ccccc3C(C(=O)N[C@@H]3CCCc4ccccc43)N2C1=O. The van der Waals surface area contributed by atoms with Gasteiger partial charge >= 0.3 is 0 Å². The van der Waals surface area contributed by atoms with Crippen LogP contribution in [0.1, 0.15) is 66.8 Å². The predicted molar refractivity (Wildman–Crippen MR) is 130 cm³/mol. The van der Waals surface area contributed by atoms with Gasteiger partial charge in [-0.1, -0.05) is 48.5 Å². The maximum absolute atomic E-state index is 13.8. The highest BCUT2D eigenvalue weighted by atomic mass is 16.5. The van der Waals surface area contributed by atoms with Crippen LogP contribution in [0.4, 0.5) is 0 Å². The van der Waals surface area contributed by atoms with Crippen LogP contribution < -0.4 is 16.0 Å². The molecule has 3 amide bonds. The van der Waals surface area contributed by atoms with Gasteiger partial charge in [0, 0.05) is 12.0 Å². The molecule has 1 saturated heterocycles. The first kappa shape index (κ1) is 23.5. The molecule has 35 heavy (non-hydrogen) atoms. The molecule has 0 radical (unpaired) electrons. The van der Waals surface area contributed by atoms with Crippen molar-refractivity contribution in [1.82, 2.24) is 20.9 Å². The number of benzene rings is 2. The second kappa shape index (κ2) is 9.79. The molecule has 1 aliphatic carbocycles. The lowest BCUT2D eigenvalue weighted by Gasteiger charge is -2.32.